The van der Waals surface area contributed by atoms with Crippen LogP contribution in [0.5, 0.6) is 0 Å². The summed E-state index contributed by atoms with van der Waals surface area (Å²) in [7, 11) is 0. The molecule has 13 aromatic carbocycles. The molecular formula is C78H56N2. The van der Waals surface area contributed by atoms with Crippen LogP contribution < -0.4 is 9.80 Å². The Morgan fingerprint density at radius 2 is 0.200 bits per heavy atom. The molecule has 0 radical (unpaired) electrons. The van der Waals surface area contributed by atoms with Crippen molar-refractivity contribution in [1.29, 1.82) is 0 Å². The quantitative estimate of drug-likeness (QED) is 0.107. The van der Waals surface area contributed by atoms with Crippen LogP contribution in [0, 0.1) is 0 Å². The highest BCUT2D eigenvalue weighted by molar-refractivity contribution is 5.84. The molecule has 0 aromatic heterocycles. The summed E-state index contributed by atoms with van der Waals surface area (Å²) < 4.78 is 0. The van der Waals surface area contributed by atoms with Crippen molar-refractivity contribution < 1.29 is 0 Å². The highest BCUT2D eigenvalue weighted by Crippen LogP contribution is 2.41. The number of hydrogen-bond donors (Lipinski definition) is 0. The van der Waals surface area contributed by atoms with Gasteiger partial charge in [-0.2, -0.15) is 0 Å². The zero-order chi connectivity index (χ0) is 53.5. The molecule has 0 aliphatic heterocycles. The number of rotatable bonds is 14. The number of nitrogens with zero attached hydrogens (tertiary/aromatic N) is 2. The molecule has 0 spiro atoms. The van der Waals surface area contributed by atoms with E-state index in [2.05, 4.69) is 350 Å². The molecular weight excluding hydrogens is 965 g/mol. The second kappa shape index (κ2) is 22.6. The lowest BCUT2D eigenvalue weighted by molar-refractivity contribution is 1.28. The van der Waals surface area contributed by atoms with Gasteiger partial charge in [-0.1, -0.05) is 267 Å². The van der Waals surface area contributed by atoms with Crippen molar-refractivity contribution in [2.75, 3.05) is 9.80 Å². The Kier molecular flexibility index (Phi) is 13.8. The third kappa shape index (κ3) is 10.6. The van der Waals surface area contributed by atoms with Gasteiger partial charge in [-0.3, -0.25) is 0 Å². The van der Waals surface area contributed by atoms with Gasteiger partial charge in [-0.05, 0) is 162 Å². The number of anilines is 6. The van der Waals surface area contributed by atoms with E-state index < -0.39 is 0 Å². The lowest BCUT2D eigenvalue weighted by Crippen LogP contribution is -2.10. The van der Waals surface area contributed by atoms with Crippen LogP contribution in [0.3, 0.4) is 0 Å². The maximum Gasteiger partial charge on any atom is 0.0462 e. The monoisotopic (exact) mass is 1020 g/mol. The van der Waals surface area contributed by atoms with Crippen LogP contribution in [-0.4, -0.2) is 0 Å². The van der Waals surface area contributed by atoms with Crippen molar-refractivity contribution in [3.05, 3.63) is 340 Å². The van der Waals surface area contributed by atoms with Crippen LogP contribution in [0.15, 0.2) is 340 Å². The van der Waals surface area contributed by atoms with Gasteiger partial charge in [0.25, 0.3) is 0 Å². The van der Waals surface area contributed by atoms with Crippen molar-refractivity contribution in [2.24, 2.45) is 0 Å². The van der Waals surface area contributed by atoms with Gasteiger partial charge in [-0.15, -0.1) is 0 Å². The molecule has 0 saturated carbocycles. The molecule has 0 saturated heterocycles. The molecule has 2 heteroatoms. The highest BCUT2D eigenvalue weighted by atomic mass is 15.1. The van der Waals surface area contributed by atoms with Gasteiger partial charge in [-0.25, -0.2) is 0 Å². The number of hydrogen-bond acceptors (Lipinski definition) is 2. The van der Waals surface area contributed by atoms with E-state index in [1.54, 1.807) is 0 Å². The summed E-state index contributed by atoms with van der Waals surface area (Å²) in [4.78, 5) is 4.70. The third-order valence-electron chi connectivity index (χ3n) is 15.2. The lowest BCUT2D eigenvalue weighted by Gasteiger charge is -2.27. The van der Waals surface area contributed by atoms with Gasteiger partial charge in [0.2, 0.25) is 0 Å². The summed E-state index contributed by atoms with van der Waals surface area (Å²) in [5.41, 5.74) is 25.5. The standard InChI is InChI=1S/C78H56N2/c1-5-13-57(14-6-1)61-21-27-64(28-22-61)68-35-47-74(48-36-68)79(73-45-33-67(34-46-73)60-19-11-4-12-20-60)77-53-41-71(42-54-77)72-43-55-78(56-44-72)80(75-49-37-69(38-50-75)65-29-23-62(24-30-65)58-15-7-2-8-16-58)76-51-39-70(40-52-76)66-31-25-63(26-32-66)59-17-9-3-10-18-59/h1-56H. The zero-order valence-electron chi connectivity index (χ0n) is 44.2. The maximum absolute atomic E-state index is 2.35. The zero-order valence-corrected chi connectivity index (χ0v) is 44.2. The predicted octanol–water partition coefficient (Wildman–Crippen LogP) is 22.0. The van der Waals surface area contributed by atoms with E-state index in [-0.39, 0.29) is 0 Å². The van der Waals surface area contributed by atoms with Crippen LogP contribution in [-0.2, 0) is 0 Å². The first-order valence-electron chi connectivity index (χ1n) is 27.4. The Hall–Kier alpha value is -10.5. The second-order valence-corrected chi connectivity index (χ2v) is 20.1. The Morgan fingerprint density at radius 3 is 0.325 bits per heavy atom. The van der Waals surface area contributed by atoms with Crippen molar-refractivity contribution in [3.8, 4) is 89.0 Å². The molecule has 2 nitrogen and oxygen atoms in total. The smallest absolute Gasteiger partial charge is 0.0462 e. The highest BCUT2D eigenvalue weighted by Gasteiger charge is 2.17. The van der Waals surface area contributed by atoms with E-state index in [9.17, 15) is 0 Å². The van der Waals surface area contributed by atoms with Crippen molar-refractivity contribution in [2.45, 2.75) is 0 Å². The summed E-state index contributed by atoms with van der Waals surface area (Å²) in [5.74, 6) is 0. The first kappa shape index (κ1) is 49.1. The van der Waals surface area contributed by atoms with E-state index >= 15 is 0 Å². The van der Waals surface area contributed by atoms with E-state index in [0.717, 1.165) is 45.3 Å². The first-order valence-corrected chi connectivity index (χ1v) is 27.4. The summed E-state index contributed by atoms with van der Waals surface area (Å²) in [6.45, 7) is 0. The molecule has 0 N–H and O–H groups in total. The Labute approximate surface area is 470 Å². The van der Waals surface area contributed by atoms with Gasteiger partial charge in [0.15, 0.2) is 0 Å². The topological polar surface area (TPSA) is 6.48 Å². The normalized spacial score (nSPS) is 11.0. The molecule has 0 heterocycles. The van der Waals surface area contributed by atoms with Crippen LogP contribution in [0.1, 0.15) is 0 Å². The number of benzene rings is 13. The van der Waals surface area contributed by atoms with Gasteiger partial charge < -0.3 is 9.80 Å². The molecule has 0 atom stereocenters. The molecule has 0 aliphatic rings. The molecule has 0 bridgehead atoms. The van der Waals surface area contributed by atoms with Crippen molar-refractivity contribution in [3.63, 3.8) is 0 Å². The van der Waals surface area contributed by atoms with E-state index in [0.29, 0.717) is 0 Å². The largest absolute Gasteiger partial charge is 0.311 e. The van der Waals surface area contributed by atoms with Gasteiger partial charge >= 0.3 is 0 Å². The van der Waals surface area contributed by atoms with Crippen LogP contribution in [0.4, 0.5) is 34.1 Å². The van der Waals surface area contributed by atoms with E-state index in [1.807, 2.05) is 0 Å². The molecule has 0 aliphatic carbocycles. The molecule has 0 amide bonds. The minimum atomic E-state index is 1.08. The Morgan fingerprint density at radius 1 is 0.100 bits per heavy atom. The van der Waals surface area contributed by atoms with E-state index in [4.69, 9.17) is 0 Å². The van der Waals surface area contributed by atoms with Gasteiger partial charge in [0.1, 0.15) is 0 Å². The average Bonchev–Trinajstić information content (AvgIpc) is 3.56. The minimum Gasteiger partial charge on any atom is -0.311 e. The fraction of sp³-hybridized carbons (Fsp3) is 0. The van der Waals surface area contributed by atoms with Gasteiger partial charge in [0.05, 0.1) is 0 Å². The summed E-state index contributed by atoms with van der Waals surface area (Å²) in [6.07, 6.45) is 0. The second-order valence-electron chi connectivity index (χ2n) is 20.1. The Bertz CT molecular complexity index is 3960. The average molecular weight is 1020 g/mol. The fourth-order valence-electron chi connectivity index (χ4n) is 10.8. The summed E-state index contributed by atoms with van der Waals surface area (Å²) in [5, 5.41) is 0. The molecule has 0 fully saturated rings. The fourth-order valence-corrected chi connectivity index (χ4v) is 10.8. The third-order valence-corrected chi connectivity index (χ3v) is 15.2. The van der Waals surface area contributed by atoms with Gasteiger partial charge in [0, 0.05) is 34.1 Å². The van der Waals surface area contributed by atoms with Crippen LogP contribution in [0.2, 0.25) is 0 Å². The summed E-state index contributed by atoms with van der Waals surface area (Å²) in [6, 6.07) is 122. The molecule has 13 aromatic rings. The van der Waals surface area contributed by atoms with E-state index in [1.165, 1.54) is 77.9 Å². The Balaban J connectivity index is 0.793. The maximum atomic E-state index is 2.35. The molecule has 378 valence electrons. The molecule has 13 rings (SSSR count). The summed E-state index contributed by atoms with van der Waals surface area (Å²) >= 11 is 0. The molecule has 80 heavy (non-hydrogen) atoms. The van der Waals surface area contributed by atoms with Crippen molar-refractivity contribution >= 4 is 34.1 Å². The molecule has 0 unspecified atom stereocenters. The predicted molar refractivity (Wildman–Crippen MR) is 339 cm³/mol. The van der Waals surface area contributed by atoms with Crippen LogP contribution >= 0.6 is 0 Å². The SMILES string of the molecule is c1ccc(-c2ccc(-c3ccc(N(c4ccc(-c5ccccc5)cc4)c4ccc(-c5ccc(N(c6ccc(-c7ccc(-c8ccccc8)cc7)cc6)c6ccc(-c7ccc(-c8ccccc8)cc7)cc6)cc5)cc4)cc3)cc2)cc1. The first-order chi connectivity index (χ1) is 39.6. The lowest BCUT2D eigenvalue weighted by atomic mass is 9.99. The van der Waals surface area contributed by atoms with Crippen LogP contribution in [0.25, 0.3) is 89.0 Å². The minimum absolute atomic E-state index is 1.08. The van der Waals surface area contributed by atoms with Crippen molar-refractivity contribution in [1.82, 2.24) is 0 Å².